The van der Waals surface area contributed by atoms with Gasteiger partial charge in [-0.1, -0.05) is 19.9 Å². The van der Waals surface area contributed by atoms with E-state index in [1.54, 1.807) is 0 Å². The predicted molar refractivity (Wildman–Crippen MR) is 71.3 cm³/mol. The van der Waals surface area contributed by atoms with Gasteiger partial charge in [-0.05, 0) is 35.1 Å². The minimum atomic E-state index is -0.834. The van der Waals surface area contributed by atoms with Crippen molar-refractivity contribution in [2.45, 2.75) is 39.2 Å². The molecule has 1 unspecified atom stereocenters. The third-order valence-electron chi connectivity index (χ3n) is 3.47. The van der Waals surface area contributed by atoms with Crippen molar-refractivity contribution in [3.05, 3.63) is 29.3 Å². The van der Waals surface area contributed by atoms with Crippen LogP contribution in [0.3, 0.4) is 0 Å². The second-order valence-corrected chi connectivity index (χ2v) is 5.92. The fourth-order valence-corrected chi connectivity index (χ4v) is 2.54. The topological polar surface area (TPSA) is 66.8 Å². The molecule has 1 atom stereocenters. The van der Waals surface area contributed by atoms with Crippen LogP contribution in [0.25, 0.3) is 0 Å². The molecular weight excluding hydrogens is 244 g/mol. The van der Waals surface area contributed by atoms with Gasteiger partial charge in [0.05, 0.1) is 19.1 Å². The molecule has 19 heavy (non-hydrogen) atoms. The number of aliphatic hydroxyl groups is 1. The number of carbonyl (C=O) groups is 1. The number of carboxylic acids is 1. The quantitative estimate of drug-likeness (QED) is 0.857. The van der Waals surface area contributed by atoms with Gasteiger partial charge in [-0.25, -0.2) is 0 Å². The molecule has 0 aliphatic carbocycles. The number of fused-ring (bicyclic) bond motifs is 1. The molecule has 4 heteroatoms. The van der Waals surface area contributed by atoms with Crippen LogP contribution in [-0.2, 0) is 11.2 Å². The van der Waals surface area contributed by atoms with Crippen LogP contribution in [0.5, 0.6) is 5.75 Å². The van der Waals surface area contributed by atoms with Crippen molar-refractivity contribution in [1.29, 1.82) is 0 Å². The molecule has 4 nitrogen and oxygen atoms in total. The van der Waals surface area contributed by atoms with E-state index in [4.69, 9.17) is 9.84 Å². The van der Waals surface area contributed by atoms with E-state index in [2.05, 4.69) is 0 Å². The molecule has 0 bridgehead atoms. The summed E-state index contributed by atoms with van der Waals surface area (Å²) in [6.07, 6.45) is 0.714. The van der Waals surface area contributed by atoms with Crippen LogP contribution in [0.2, 0.25) is 0 Å². The Morgan fingerprint density at radius 2 is 2.21 bits per heavy atom. The summed E-state index contributed by atoms with van der Waals surface area (Å²) in [4.78, 5) is 10.8. The monoisotopic (exact) mass is 264 g/mol. The van der Waals surface area contributed by atoms with Gasteiger partial charge in [-0.15, -0.1) is 0 Å². The summed E-state index contributed by atoms with van der Waals surface area (Å²) in [7, 11) is 0. The van der Waals surface area contributed by atoms with Crippen molar-refractivity contribution in [1.82, 2.24) is 0 Å². The lowest BCUT2D eigenvalue weighted by Gasteiger charge is -2.26. The maximum absolute atomic E-state index is 10.8. The fourth-order valence-electron chi connectivity index (χ4n) is 2.54. The first kappa shape index (κ1) is 13.9. The Morgan fingerprint density at radius 3 is 2.89 bits per heavy atom. The Hall–Kier alpha value is -1.55. The van der Waals surface area contributed by atoms with Crippen LogP contribution in [0.4, 0.5) is 0 Å². The molecule has 104 valence electrons. The highest BCUT2D eigenvalue weighted by Gasteiger charge is 2.26. The highest BCUT2D eigenvalue weighted by molar-refractivity contribution is 5.67. The standard InChI is InChI=1S/C15H20O4/c1-15(2,9-14(17)18)8-12(16)10-3-4-13-11(7-10)5-6-19-13/h3-4,7,12,16H,5-6,8-9H2,1-2H3,(H,17,18). The Morgan fingerprint density at radius 1 is 1.47 bits per heavy atom. The first-order valence-electron chi connectivity index (χ1n) is 6.53. The van der Waals surface area contributed by atoms with Crippen LogP contribution < -0.4 is 4.74 Å². The van der Waals surface area contributed by atoms with Gasteiger partial charge in [0.1, 0.15) is 5.75 Å². The normalized spacial score (nSPS) is 15.7. The summed E-state index contributed by atoms with van der Waals surface area (Å²) in [5.74, 6) is 0.0558. The molecule has 0 saturated carbocycles. The number of hydrogen-bond donors (Lipinski definition) is 2. The molecular formula is C15H20O4. The minimum absolute atomic E-state index is 0.0537. The van der Waals surface area contributed by atoms with E-state index in [1.807, 2.05) is 32.0 Å². The lowest BCUT2D eigenvalue weighted by molar-refractivity contribution is -0.139. The zero-order chi connectivity index (χ0) is 14.0. The molecule has 1 aromatic rings. The van der Waals surface area contributed by atoms with Gasteiger partial charge < -0.3 is 14.9 Å². The van der Waals surface area contributed by atoms with Crippen molar-refractivity contribution in [2.24, 2.45) is 5.41 Å². The van der Waals surface area contributed by atoms with E-state index in [1.165, 1.54) is 0 Å². The number of rotatable bonds is 5. The average molecular weight is 264 g/mol. The summed E-state index contributed by atoms with van der Waals surface area (Å²) in [5, 5.41) is 19.1. The highest BCUT2D eigenvalue weighted by Crippen LogP contribution is 2.35. The van der Waals surface area contributed by atoms with E-state index in [-0.39, 0.29) is 6.42 Å². The van der Waals surface area contributed by atoms with Gasteiger partial charge in [-0.3, -0.25) is 4.79 Å². The molecule has 0 spiro atoms. The summed E-state index contributed by atoms with van der Waals surface area (Å²) < 4.78 is 5.43. The largest absolute Gasteiger partial charge is 0.493 e. The first-order valence-corrected chi connectivity index (χ1v) is 6.53. The van der Waals surface area contributed by atoms with Crippen molar-refractivity contribution in [3.63, 3.8) is 0 Å². The van der Waals surface area contributed by atoms with Crippen LogP contribution in [0.15, 0.2) is 18.2 Å². The fraction of sp³-hybridized carbons (Fsp3) is 0.533. The molecule has 0 amide bonds. The predicted octanol–water partition coefficient (Wildman–Crippen LogP) is 2.55. The van der Waals surface area contributed by atoms with Gasteiger partial charge in [0, 0.05) is 6.42 Å². The number of aliphatic hydroxyl groups excluding tert-OH is 1. The van der Waals surface area contributed by atoms with Crippen LogP contribution in [-0.4, -0.2) is 22.8 Å². The second-order valence-electron chi connectivity index (χ2n) is 5.92. The molecule has 1 aromatic carbocycles. The molecule has 1 aliphatic rings. The number of carboxylic acid groups (broad SMARTS) is 1. The molecule has 2 rings (SSSR count). The van der Waals surface area contributed by atoms with Gasteiger partial charge in [-0.2, -0.15) is 0 Å². The number of hydrogen-bond acceptors (Lipinski definition) is 3. The van der Waals surface area contributed by atoms with Crippen molar-refractivity contribution in [3.8, 4) is 5.75 Å². The minimum Gasteiger partial charge on any atom is -0.493 e. The molecule has 0 radical (unpaired) electrons. The number of benzene rings is 1. The molecule has 2 N–H and O–H groups in total. The van der Waals surface area contributed by atoms with E-state index < -0.39 is 17.5 Å². The van der Waals surface area contributed by atoms with Crippen molar-refractivity contribution in [2.75, 3.05) is 6.61 Å². The number of ether oxygens (including phenoxy) is 1. The Bertz CT molecular complexity index is 479. The maximum Gasteiger partial charge on any atom is 0.303 e. The molecule has 1 aliphatic heterocycles. The summed E-state index contributed by atoms with van der Waals surface area (Å²) in [6.45, 7) is 4.42. The third kappa shape index (κ3) is 3.47. The summed E-state index contributed by atoms with van der Waals surface area (Å²) >= 11 is 0. The smallest absolute Gasteiger partial charge is 0.303 e. The summed E-state index contributed by atoms with van der Waals surface area (Å²) in [5.41, 5.74) is 1.52. The maximum atomic E-state index is 10.8. The third-order valence-corrected chi connectivity index (χ3v) is 3.47. The van der Waals surface area contributed by atoms with Crippen molar-refractivity contribution >= 4 is 5.97 Å². The first-order chi connectivity index (χ1) is 8.87. The SMILES string of the molecule is CC(C)(CC(=O)O)CC(O)c1ccc2c(c1)CCO2. The van der Waals surface area contributed by atoms with Crippen molar-refractivity contribution < 1.29 is 19.7 Å². The zero-order valence-electron chi connectivity index (χ0n) is 11.3. The van der Waals surface area contributed by atoms with Crippen LogP contribution >= 0.6 is 0 Å². The molecule has 0 aromatic heterocycles. The van der Waals surface area contributed by atoms with E-state index in [0.717, 1.165) is 23.3 Å². The molecule has 0 fully saturated rings. The second kappa shape index (κ2) is 5.21. The van der Waals surface area contributed by atoms with E-state index in [0.29, 0.717) is 13.0 Å². The number of aliphatic carboxylic acids is 1. The Balaban J connectivity index is 2.07. The van der Waals surface area contributed by atoms with Gasteiger partial charge in [0.2, 0.25) is 0 Å². The summed E-state index contributed by atoms with van der Waals surface area (Å²) in [6, 6.07) is 5.70. The zero-order valence-corrected chi connectivity index (χ0v) is 11.3. The molecule has 0 saturated heterocycles. The lowest BCUT2D eigenvalue weighted by Crippen LogP contribution is -2.20. The van der Waals surface area contributed by atoms with Crippen LogP contribution in [0, 0.1) is 5.41 Å². The molecule has 1 heterocycles. The Labute approximate surface area is 113 Å². The van der Waals surface area contributed by atoms with Gasteiger partial charge in [0.25, 0.3) is 0 Å². The average Bonchev–Trinajstić information content (AvgIpc) is 2.72. The van der Waals surface area contributed by atoms with E-state index in [9.17, 15) is 9.90 Å². The van der Waals surface area contributed by atoms with Crippen LogP contribution in [0.1, 0.15) is 43.9 Å². The Kier molecular flexibility index (Phi) is 3.80. The van der Waals surface area contributed by atoms with Gasteiger partial charge >= 0.3 is 5.97 Å². The van der Waals surface area contributed by atoms with E-state index >= 15 is 0 Å². The highest BCUT2D eigenvalue weighted by atomic mass is 16.5. The lowest BCUT2D eigenvalue weighted by atomic mass is 9.81. The van der Waals surface area contributed by atoms with Gasteiger partial charge in [0.15, 0.2) is 0 Å².